The number of aliphatic hydroxyl groups excluding tert-OH is 1. The van der Waals surface area contributed by atoms with Crippen LogP contribution in [-0.2, 0) is 6.61 Å². The minimum Gasteiger partial charge on any atom is -0.392 e. The molecule has 0 aliphatic carbocycles. The van der Waals surface area contributed by atoms with Gasteiger partial charge < -0.3 is 15.3 Å². The third-order valence-corrected chi connectivity index (χ3v) is 3.36. The molecule has 0 aromatic carbocycles. The van der Waals surface area contributed by atoms with E-state index in [4.69, 9.17) is 5.11 Å². The monoisotopic (exact) mass is 235 g/mol. The number of hydrogen-bond acceptors (Lipinski definition) is 4. The SMILES string of the molecule is OCc1ccnc(N2CC3=C(CNC3)C2)c1F. The molecule has 4 nitrogen and oxygen atoms in total. The number of anilines is 1. The highest BCUT2D eigenvalue weighted by Crippen LogP contribution is 2.27. The molecule has 3 heterocycles. The van der Waals surface area contributed by atoms with Crippen LogP contribution >= 0.6 is 0 Å². The molecule has 0 bridgehead atoms. The van der Waals surface area contributed by atoms with Gasteiger partial charge in [0.25, 0.3) is 0 Å². The van der Waals surface area contributed by atoms with E-state index >= 15 is 0 Å². The molecule has 90 valence electrons. The molecule has 1 aromatic heterocycles. The second-order valence-corrected chi connectivity index (χ2v) is 4.43. The first-order chi connectivity index (χ1) is 8.29. The molecule has 0 radical (unpaired) electrons. The van der Waals surface area contributed by atoms with Gasteiger partial charge in [0.1, 0.15) is 0 Å². The summed E-state index contributed by atoms with van der Waals surface area (Å²) in [6, 6.07) is 1.51. The lowest BCUT2D eigenvalue weighted by Gasteiger charge is -2.20. The molecule has 0 saturated heterocycles. The first-order valence-electron chi connectivity index (χ1n) is 5.69. The molecule has 5 heteroatoms. The summed E-state index contributed by atoms with van der Waals surface area (Å²) in [6.45, 7) is 2.98. The van der Waals surface area contributed by atoms with Gasteiger partial charge in [0.15, 0.2) is 11.6 Å². The van der Waals surface area contributed by atoms with Crippen LogP contribution in [0.1, 0.15) is 5.56 Å². The first kappa shape index (κ1) is 10.7. The number of nitrogens with one attached hydrogen (secondary N) is 1. The van der Waals surface area contributed by atoms with Crippen LogP contribution in [0.25, 0.3) is 0 Å². The van der Waals surface area contributed by atoms with Crippen molar-refractivity contribution in [3.8, 4) is 0 Å². The number of nitrogens with zero attached hydrogens (tertiary/aromatic N) is 2. The van der Waals surface area contributed by atoms with Crippen molar-refractivity contribution in [1.82, 2.24) is 10.3 Å². The van der Waals surface area contributed by atoms with Crippen molar-refractivity contribution >= 4 is 5.82 Å². The Hall–Kier alpha value is -1.46. The summed E-state index contributed by atoms with van der Waals surface area (Å²) in [5.74, 6) is -0.0462. The van der Waals surface area contributed by atoms with Crippen LogP contribution in [0.5, 0.6) is 0 Å². The highest BCUT2D eigenvalue weighted by molar-refractivity contribution is 5.51. The maximum absolute atomic E-state index is 14.0. The van der Waals surface area contributed by atoms with E-state index in [1.165, 1.54) is 17.2 Å². The molecule has 2 N–H and O–H groups in total. The number of hydrogen-bond donors (Lipinski definition) is 2. The van der Waals surface area contributed by atoms with E-state index in [0.29, 0.717) is 11.4 Å². The minimum absolute atomic E-state index is 0.288. The fourth-order valence-corrected chi connectivity index (χ4v) is 2.43. The van der Waals surface area contributed by atoms with E-state index in [2.05, 4.69) is 10.3 Å². The van der Waals surface area contributed by atoms with Gasteiger partial charge in [-0.2, -0.15) is 0 Å². The molecule has 0 atom stereocenters. The zero-order chi connectivity index (χ0) is 11.8. The van der Waals surface area contributed by atoms with E-state index in [9.17, 15) is 4.39 Å². The summed E-state index contributed by atoms with van der Waals surface area (Å²) in [5.41, 5.74) is 3.00. The third-order valence-electron chi connectivity index (χ3n) is 3.36. The molecule has 2 aliphatic heterocycles. The zero-order valence-corrected chi connectivity index (χ0v) is 9.41. The van der Waals surface area contributed by atoms with Crippen molar-refractivity contribution in [1.29, 1.82) is 0 Å². The van der Waals surface area contributed by atoms with Crippen LogP contribution in [0.2, 0.25) is 0 Å². The Bertz CT molecular complexity index is 471. The average molecular weight is 235 g/mol. The third kappa shape index (κ3) is 1.71. The molecular formula is C12H14FN3O. The number of rotatable bonds is 2. The Morgan fingerprint density at radius 2 is 2.06 bits per heavy atom. The Labute approximate surface area is 98.8 Å². The Morgan fingerprint density at radius 1 is 1.35 bits per heavy atom. The smallest absolute Gasteiger partial charge is 0.171 e. The quantitative estimate of drug-likeness (QED) is 0.730. The summed E-state index contributed by atoms with van der Waals surface area (Å²) in [4.78, 5) is 6.02. The second kappa shape index (κ2) is 4.09. The van der Waals surface area contributed by atoms with E-state index in [1.54, 1.807) is 6.20 Å². The topological polar surface area (TPSA) is 48.4 Å². The summed E-state index contributed by atoms with van der Waals surface area (Å²) in [6.07, 6.45) is 1.55. The van der Waals surface area contributed by atoms with Gasteiger partial charge in [-0.1, -0.05) is 0 Å². The van der Waals surface area contributed by atoms with Gasteiger partial charge in [-0.3, -0.25) is 0 Å². The zero-order valence-electron chi connectivity index (χ0n) is 9.41. The van der Waals surface area contributed by atoms with Gasteiger partial charge in [0.2, 0.25) is 0 Å². The maximum Gasteiger partial charge on any atom is 0.171 e. The summed E-state index contributed by atoms with van der Waals surface area (Å²) in [5, 5.41) is 12.3. The molecule has 0 unspecified atom stereocenters. The number of halogens is 1. The Balaban J connectivity index is 1.87. The Kier molecular flexibility index (Phi) is 2.57. The molecule has 0 amide bonds. The summed E-state index contributed by atoms with van der Waals surface area (Å²) in [7, 11) is 0. The molecule has 0 fully saturated rings. The predicted molar refractivity (Wildman–Crippen MR) is 62.2 cm³/mol. The van der Waals surface area contributed by atoms with E-state index in [-0.39, 0.29) is 6.61 Å². The lowest BCUT2D eigenvalue weighted by atomic mass is 10.2. The standard InChI is InChI=1S/C12H14FN3O/c13-11-8(7-17)1-2-15-12(11)16-5-9-3-14-4-10(9)6-16/h1-2,14,17H,3-7H2. The van der Waals surface area contributed by atoms with E-state index in [1.807, 2.05) is 4.90 Å². The molecule has 1 aromatic rings. The van der Waals surface area contributed by atoms with Gasteiger partial charge in [-0.25, -0.2) is 9.37 Å². The minimum atomic E-state index is -0.399. The molecular weight excluding hydrogens is 221 g/mol. The van der Waals surface area contributed by atoms with Gasteiger partial charge in [0, 0.05) is 37.9 Å². The number of aliphatic hydroxyl groups is 1. The molecule has 2 aliphatic rings. The largest absolute Gasteiger partial charge is 0.392 e. The maximum atomic E-state index is 14.0. The predicted octanol–water partition coefficient (Wildman–Crippen LogP) is 0.433. The highest BCUT2D eigenvalue weighted by atomic mass is 19.1. The second-order valence-electron chi connectivity index (χ2n) is 4.43. The molecule has 0 spiro atoms. The van der Waals surface area contributed by atoms with Crippen molar-refractivity contribution in [2.24, 2.45) is 0 Å². The molecule has 17 heavy (non-hydrogen) atoms. The van der Waals surface area contributed by atoms with Crippen molar-refractivity contribution in [2.45, 2.75) is 6.61 Å². The fourth-order valence-electron chi connectivity index (χ4n) is 2.43. The van der Waals surface area contributed by atoms with Crippen molar-refractivity contribution in [3.05, 3.63) is 34.8 Å². The van der Waals surface area contributed by atoms with Gasteiger partial charge >= 0.3 is 0 Å². The Morgan fingerprint density at radius 3 is 2.71 bits per heavy atom. The molecule has 3 rings (SSSR count). The lowest BCUT2D eigenvalue weighted by Crippen LogP contribution is -2.28. The fraction of sp³-hybridized carbons (Fsp3) is 0.417. The van der Waals surface area contributed by atoms with Gasteiger partial charge in [-0.15, -0.1) is 0 Å². The number of pyridine rings is 1. The average Bonchev–Trinajstić information content (AvgIpc) is 2.89. The van der Waals surface area contributed by atoms with E-state index < -0.39 is 5.82 Å². The van der Waals surface area contributed by atoms with Crippen molar-refractivity contribution < 1.29 is 9.50 Å². The van der Waals surface area contributed by atoms with Crippen LogP contribution in [0.15, 0.2) is 23.4 Å². The van der Waals surface area contributed by atoms with Crippen LogP contribution in [0, 0.1) is 5.82 Å². The number of aromatic nitrogens is 1. The molecule has 0 saturated carbocycles. The van der Waals surface area contributed by atoms with Crippen LogP contribution in [0.4, 0.5) is 10.2 Å². The van der Waals surface area contributed by atoms with E-state index in [0.717, 1.165) is 26.2 Å². The van der Waals surface area contributed by atoms with Crippen molar-refractivity contribution in [3.63, 3.8) is 0 Å². The first-order valence-corrected chi connectivity index (χ1v) is 5.69. The lowest BCUT2D eigenvalue weighted by molar-refractivity contribution is 0.275. The summed E-state index contributed by atoms with van der Waals surface area (Å²) < 4.78 is 14.0. The summed E-state index contributed by atoms with van der Waals surface area (Å²) >= 11 is 0. The normalized spacial score (nSPS) is 19.1. The van der Waals surface area contributed by atoms with Crippen LogP contribution in [-0.4, -0.2) is 36.3 Å². The highest BCUT2D eigenvalue weighted by Gasteiger charge is 2.28. The van der Waals surface area contributed by atoms with Gasteiger partial charge in [0.05, 0.1) is 6.61 Å². The van der Waals surface area contributed by atoms with Crippen LogP contribution < -0.4 is 10.2 Å². The van der Waals surface area contributed by atoms with Crippen LogP contribution in [0.3, 0.4) is 0 Å². The van der Waals surface area contributed by atoms with Crippen molar-refractivity contribution in [2.75, 3.05) is 31.1 Å². The van der Waals surface area contributed by atoms with Gasteiger partial charge in [-0.05, 0) is 17.2 Å².